The number of benzene rings is 1. The standard InChI is InChI=1S/C15H18N4O/c1-3-19(11-12-7-5-4-6-8-12)15(20)13-9-17-10-14(16-2)18-13/h4-10H,3,11H2,1-2H3,(H,16,18). The third kappa shape index (κ3) is 3.32. The summed E-state index contributed by atoms with van der Waals surface area (Å²) in [4.78, 5) is 22.5. The zero-order valence-electron chi connectivity index (χ0n) is 11.7. The van der Waals surface area contributed by atoms with Crippen LogP contribution < -0.4 is 5.32 Å². The van der Waals surface area contributed by atoms with Gasteiger partial charge in [0.15, 0.2) is 0 Å². The van der Waals surface area contributed by atoms with E-state index in [-0.39, 0.29) is 5.91 Å². The van der Waals surface area contributed by atoms with Crippen molar-refractivity contribution >= 4 is 11.7 Å². The fourth-order valence-corrected chi connectivity index (χ4v) is 1.88. The zero-order chi connectivity index (χ0) is 14.4. The molecular formula is C15H18N4O. The lowest BCUT2D eigenvalue weighted by molar-refractivity contribution is 0.0746. The van der Waals surface area contributed by atoms with Gasteiger partial charge >= 0.3 is 0 Å². The van der Waals surface area contributed by atoms with Gasteiger partial charge in [-0.3, -0.25) is 9.78 Å². The van der Waals surface area contributed by atoms with Crippen molar-refractivity contribution in [2.45, 2.75) is 13.5 Å². The Hall–Kier alpha value is -2.43. The molecule has 1 N–H and O–H groups in total. The molecule has 1 aromatic heterocycles. The second-order valence-electron chi connectivity index (χ2n) is 4.34. The molecule has 1 amide bonds. The van der Waals surface area contributed by atoms with Crippen molar-refractivity contribution in [1.29, 1.82) is 0 Å². The van der Waals surface area contributed by atoms with Crippen molar-refractivity contribution in [2.24, 2.45) is 0 Å². The van der Waals surface area contributed by atoms with Crippen molar-refractivity contribution in [3.05, 3.63) is 54.0 Å². The second kappa shape index (κ2) is 6.65. The average Bonchev–Trinajstić information content (AvgIpc) is 2.53. The van der Waals surface area contributed by atoms with E-state index in [9.17, 15) is 4.79 Å². The lowest BCUT2D eigenvalue weighted by Crippen LogP contribution is -2.31. The van der Waals surface area contributed by atoms with Crippen LogP contribution in [0.2, 0.25) is 0 Å². The molecule has 0 saturated heterocycles. The molecule has 1 aromatic carbocycles. The first-order valence-corrected chi connectivity index (χ1v) is 6.57. The number of carbonyl (C=O) groups excluding carboxylic acids is 1. The molecule has 0 unspecified atom stereocenters. The van der Waals surface area contributed by atoms with Crippen LogP contribution in [0.25, 0.3) is 0 Å². The van der Waals surface area contributed by atoms with Gasteiger partial charge in [0.2, 0.25) is 0 Å². The summed E-state index contributed by atoms with van der Waals surface area (Å²) in [5.74, 6) is 0.479. The zero-order valence-corrected chi connectivity index (χ0v) is 11.7. The van der Waals surface area contributed by atoms with Crippen LogP contribution in [0.4, 0.5) is 5.82 Å². The summed E-state index contributed by atoms with van der Waals surface area (Å²) in [6.07, 6.45) is 3.08. The average molecular weight is 270 g/mol. The number of aromatic nitrogens is 2. The number of hydrogen-bond acceptors (Lipinski definition) is 4. The first kappa shape index (κ1) is 14.0. The van der Waals surface area contributed by atoms with Crippen LogP contribution in [0, 0.1) is 0 Å². The van der Waals surface area contributed by atoms with E-state index in [1.54, 1.807) is 18.1 Å². The van der Waals surface area contributed by atoms with Gasteiger partial charge in [-0.05, 0) is 12.5 Å². The quantitative estimate of drug-likeness (QED) is 0.904. The molecule has 0 aliphatic carbocycles. The molecule has 5 nitrogen and oxygen atoms in total. The molecule has 20 heavy (non-hydrogen) atoms. The van der Waals surface area contributed by atoms with Crippen LogP contribution in [0.15, 0.2) is 42.7 Å². The van der Waals surface area contributed by atoms with E-state index in [0.29, 0.717) is 24.6 Å². The Labute approximate surface area is 118 Å². The first-order valence-electron chi connectivity index (χ1n) is 6.57. The molecule has 0 radical (unpaired) electrons. The van der Waals surface area contributed by atoms with Crippen LogP contribution in [0.5, 0.6) is 0 Å². The summed E-state index contributed by atoms with van der Waals surface area (Å²) in [7, 11) is 1.75. The summed E-state index contributed by atoms with van der Waals surface area (Å²) in [5, 5.41) is 2.88. The van der Waals surface area contributed by atoms with Gasteiger partial charge in [0.05, 0.1) is 12.4 Å². The highest BCUT2D eigenvalue weighted by Gasteiger charge is 2.16. The van der Waals surface area contributed by atoms with E-state index in [1.807, 2.05) is 37.3 Å². The molecule has 0 saturated carbocycles. The Morgan fingerprint density at radius 3 is 2.65 bits per heavy atom. The van der Waals surface area contributed by atoms with Crippen LogP contribution in [0.3, 0.4) is 0 Å². The van der Waals surface area contributed by atoms with Gasteiger partial charge in [0, 0.05) is 20.1 Å². The number of nitrogens with one attached hydrogen (secondary N) is 1. The van der Waals surface area contributed by atoms with E-state index < -0.39 is 0 Å². The fraction of sp³-hybridized carbons (Fsp3) is 0.267. The van der Waals surface area contributed by atoms with Crippen LogP contribution in [-0.2, 0) is 6.54 Å². The number of anilines is 1. The molecule has 0 atom stereocenters. The monoisotopic (exact) mass is 270 g/mol. The van der Waals surface area contributed by atoms with Crippen molar-refractivity contribution in [1.82, 2.24) is 14.9 Å². The molecule has 0 spiro atoms. The maximum Gasteiger partial charge on any atom is 0.274 e. The fourth-order valence-electron chi connectivity index (χ4n) is 1.88. The molecule has 5 heteroatoms. The van der Waals surface area contributed by atoms with Crippen molar-refractivity contribution < 1.29 is 4.79 Å². The van der Waals surface area contributed by atoms with E-state index in [0.717, 1.165) is 5.56 Å². The SMILES string of the molecule is CCN(Cc1ccccc1)C(=O)c1cncc(NC)n1. The minimum atomic E-state index is -0.110. The van der Waals surface area contributed by atoms with E-state index >= 15 is 0 Å². The second-order valence-corrected chi connectivity index (χ2v) is 4.34. The Kier molecular flexibility index (Phi) is 4.65. The molecule has 0 aliphatic heterocycles. The molecule has 2 aromatic rings. The molecule has 0 fully saturated rings. The first-order chi connectivity index (χ1) is 9.74. The van der Waals surface area contributed by atoms with Gasteiger partial charge in [-0.2, -0.15) is 0 Å². The summed E-state index contributed by atoms with van der Waals surface area (Å²) in [5.41, 5.74) is 1.45. The summed E-state index contributed by atoms with van der Waals surface area (Å²) >= 11 is 0. The summed E-state index contributed by atoms with van der Waals surface area (Å²) in [6, 6.07) is 9.91. The summed E-state index contributed by atoms with van der Waals surface area (Å²) in [6.45, 7) is 3.15. The highest BCUT2D eigenvalue weighted by Crippen LogP contribution is 2.09. The largest absolute Gasteiger partial charge is 0.372 e. The highest BCUT2D eigenvalue weighted by molar-refractivity contribution is 5.92. The Morgan fingerprint density at radius 2 is 2.00 bits per heavy atom. The molecule has 1 heterocycles. The molecule has 0 bridgehead atoms. The molecule has 104 valence electrons. The van der Waals surface area contributed by atoms with E-state index in [4.69, 9.17) is 0 Å². The predicted octanol–water partition coefficient (Wildman–Crippen LogP) is 2.18. The maximum atomic E-state index is 12.4. The maximum absolute atomic E-state index is 12.4. The van der Waals surface area contributed by atoms with Gasteiger partial charge < -0.3 is 10.2 Å². The smallest absolute Gasteiger partial charge is 0.274 e. The van der Waals surface area contributed by atoms with Crippen molar-refractivity contribution in [3.8, 4) is 0 Å². The van der Waals surface area contributed by atoms with E-state index in [2.05, 4.69) is 15.3 Å². The number of carbonyl (C=O) groups is 1. The van der Waals surface area contributed by atoms with Gasteiger partial charge in [-0.1, -0.05) is 30.3 Å². The van der Waals surface area contributed by atoms with Crippen LogP contribution >= 0.6 is 0 Å². The van der Waals surface area contributed by atoms with E-state index in [1.165, 1.54) is 6.20 Å². The molecule has 2 rings (SSSR count). The minimum Gasteiger partial charge on any atom is -0.372 e. The van der Waals surface area contributed by atoms with Crippen LogP contribution in [0.1, 0.15) is 23.0 Å². The van der Waals surface area contributed by atoms with Crippen LogP contribution in [-0.4, -0.2) is 34.4 Å². The third-order valence-electron chi connectivity index (χ3n) is 2.99. The van der Waals surface area contributed by atoms with Crippen molar-refractivity contribution in [2.75, 3.05) is 18.9 Å². The third-order valence-corrected chi connectivity index (χ3v) is 2.99. The molecular weight excluding hydrogens is 252 g/mol. The Balaban J connectivity index is 2.16. The van der Waals surface area contributed by atoms with Gasteiger partial charge in [0.25, 0.3) is 5.91 Å². The van der Waals surface area contributed by atoms with Gasteiger partial charge in [0.1, 0.15) is 11.5 Å². The highest BCUT2D eigenvalue weighted by atomic mass is 16.2. The summed E-state index contributed by atoms with van der Waals surface area (Å²) < 4.78 is 0. The number of rotatable bonds is 5. The minimum absolute atomic E-state index is 0.110. The number of nitrogens with zero attached hydrogens (tertiary/aromatic N) is 3. The number of amides is 1. The normalized spacial score (nSPS) is 10.1. The van der Waals surface area contributed by atoms with Gasteiger partial charge in [-0.15, -0.1) is 0 Å². The topological polar surface area (TPSA) is 58.1 Å². The Bertz CT molecular complexity index is 571. The van der Waals surface area contributed by atoms with Crippen molar-refractivity contribution in [3.63, 3.8) is 0 Å². The predicted molar refractivity (Wildman–Crippen MR) is 78.4 cm³/mol. The lowest BCUT2D eigenvalue weighted by atomic mass is 10.2. The van der Waals surface area contributed by atoms with Gasteiger partial charge in [-0.25, -0.2) is 4.98 Å². The number of hydrogen-bond donors (Lipinski definition) is 1. The lowest BCUT2D eigenvalue weighted by Gasteiger charge is -2.20. The molecule has 0 aliphatic rings. The Morgan fingerprint density at radius 1 is 1.25 bits per heavy atom.